The van der Waals surface area contributed by atoms with Crippen molar-refractivity contribution in [2.75, 3.05) is 31.1 Å². The lowest BCUT2D eigenvalue weighted by molar-refractivity contribution is 0.247. The maximum absolute atomic E-state index is 5.58. The summed E-state index contributed by atoms with van der Waals surface area (Å²) < 4.78 is 0. The van der Waals surface area contributed by atoms with Crippen LogP contribution >= 0.6 is 0 Å². The number of aromatic nitrogens is 1. The van der Waals surface area contributed by atoms with E-state index in [0.717, 1.165) is 30.5 Å². The quantitative estimate of drug-likeness (QED) is 0.838. The summed E-state index contributed by atoms with van der Waals surface area (Å²) in [6, 6.07) is 5.06. The fourth-order valence-electron chi connectivity index (χ4n) is 2.48. The van der Waals surface area contributed by atoms with Crippen LogP contribution < -0.4 is 10.6 Å². The maximum Gasteiger partial charge on any atom is 0.128 e. The molecule has 1 aliphatic heterocycles. The van der Waals surface area contributed by atoms with Crippen LogP contribution in [0.25, 0.3) is 0 Å². The van der Waals surface area contributed by atoms with Crippen LogP contribution in [0.3, 0.4) is 0 Å². The van der Waals surface area contributed by atoms with Crippen molar-refractivity contribution in [1.82, 2.24) is 9.88 Å². The molecule has 1 aliphatic carbocycles. The summed E-state index contributed by atoms with van der Waals surface area (Å²) in [4.78, 5) is 9.48. The van der Waals surface area contributed by atoms with Crippen molar-refractivity contribution in [2.24, 2.45) is 5.73 Å². The Labute approximate surface area is 102 Å². The molecule has 0 unspecified atom stereocenters. The van der Waals surface area contributed by atoms with Crippen molar-refractivity contribution >= 4 is 5.82 Å². The minimum atomic E-state index is 0.572. The Morgan fingerprint density at radius 3 is 2.47 bits per heavy atom. The number of pyridine rings is 1. The van der Waals surface area contributed by atoms with Crippen LogP contribution in [0.4, 0.5) is 5.82 Å². The van der Waals surface area contributed by atoms with Gasteiger partial charge in [0.05, 0.1) is 0 Å². The lowest BCUT2D eigenvalue weighted by Crippen LogP contribution is -2.47. The monoisotopic (exact) mass is 232 g/mol. The van der Waals surface area contributed by atoms with Gasteiger partial charge in [0.2, 0.25) is 0 Å². The SMILES string of the molecule is NCc1ccc(N2CCN(C3CC3)CC2)nc1. The van der Waals surface area contributed by atoms with Crippen LogP contribution in [0.5, 0.6) is 0 Å². The zero-order valence-electron chi connectivity index (χ0n) is 10.2. The summed E-state index contributed by atoms with van der Waals surface area (Å²) in [6.07, 6.45) is 4.70. The van der Waals surface area contributed by atoms with Gasteiger partial charge in [-0.2, -0.15) is 0 Å². The van der Waals surface area contributed by atoms with E-state index in [1.54, 1.807) is 0 Å². The molecule has 0 bridgehead atoms. The van der Waals surface area contributed by atoms with Crippen molar-refractivity contribution in [3.8, 4) is 0 Å². The first-order chi connectivity index (χ1) is 8.36. The van der Waals surface area contributed by atoms with Crippen molar-refractivity contribution in [2.45, 2.75) is 25.4 Å². The molecule has 1 aromatic heterocycles. The molecule has 4 nitrogen and oxygen atoms in total. The molecule has 92 valence electrons. The first kappa shape index (κ1) is 11.0. The van der Waals surface area contributed by atoms with E-state index in [2.05, 4.69) is 26.9 Å². The molecule has 1 saturated heterocycles. The second kappa shape index (κ2) is 4.63. The second-order valence-corrected chi connectivity index (χ2v) is 4.98. The minimum absolute atomic E-state index is 0.572. The third kappa shape index (κ3) is 2.42. The molecule has 2 aliphatic rings. The molecular weight excluding hydrogens is 212 g/mol. The van der Waals surface area contributed by atoms with Gasteiger partial charge < -0.3 is 10.6 Å². The van der Waals surface area contributed by atoms with Crippen LogP contribution in [0.15, 0.2) is 18.3 Å². The van der Waals surface area contributed by atoms with Crippen LogP contribution in [0.1, 0.15) is 18.4 Å². The van der Waals surface area contributed by atoms with Gasteiger partial charge in [-0.05, 0) is 24.5 Å². The van der Waals surface area contributed by atoms with Gasteiger partial charge in [0.25, 0.3) is 0 Å². The van der Waals surface area contributed by atoms with E-state index in [4.69, 9.17) is 5.73 Å². The van der Waals surface area contributed by atoms with Gasteiger partial charge in [-0.25, -0.2) is 4.98 Å². The van der Waals surface area contributed by atoms with Crippen LogP contribution in [-0.4, -0.2) is 42.1 Å². The highest BCUT2D eigenvalue weighted by molar-refractivity contribution is 5.39. The Bertz CT molecular complexity index is 364. The summed E-state index contributed by atoms with van der Waals surface area (Å²) in [5, 5.41) is 0. The molecule has 2 N–H and O–H groups in total. The largest absolute Gasteiger partial charge is 0.354 e. The van der Waals surface area contributed by atoms with E-state index in [9.17, 15) is 0 Å². The molecule has 0 spiro atoms. The molecule has 0 atom stereocenters. The van der Waals surface area contributed by atoms with E-state index in [0.29, 0.717) is 6.54 Å². The number of anilines is 1. The highest BCUT2D eigenvalue weighted by atomic mass is 15.3. The van der Waals surface area contributed by atoms with Crippen LogP contribution in [-0.2, 0) is 6.54 Å². The van der Waals surface area contributed by atoms with Gasteiger partial charge in [-0.1, -0.05) is 6.07 Å². The van der Waals surface area contributed by atoms with Gasteiger partial charge in [0.15, 0.2) is 0 Å². The average molecular weight is 232 g/mol. The molecule has 0 radical (unpaired) electrons. The number of hydrogen-bond acceptors (Lipinski definition) is 4. The van der Waals surface area contributed by atoms with Crippen LogP contribution in [0.2, 0.25) is 0 Å². The van der Waals surface area contributed by atoms with E-state index in [1.165, 1.54) is 25.9 Å². The highest BCUT2D eigenvalue weighted by Gasteiger charge is 2.31. The smallest absolute Gasteiger partial charge is 0.128 e. The fourth-order valence-corrected chi connectivity index (χ4v) is 2.48. The van der Waals surface area contributed by atoms with Crippen LogP contribution in [0, 0.1) is 0 Å². The normalized spacial score (nSPS) is 21.8. The molecule has 2 fully saturated rings. The first-order valence-corrected chi connectivity index (χ1v) is 6.51. The van der Waals surface area contributed by atoms with E-state index in [1.807, 2.05) is 6.20 Å². The van der Waals surface area contributed by atoms with Crippen molar-refractivity contribution in [3.05, 3.63) is 23.9 Å². The maximum atomic E-state index is 5.58. The highest BCUT2D eigenvalue weighted by Crippen LogP contribution is 2.28. The second-order valence-electron chi connectivity index (χ2n) is 4.98. The summed E-state index contributed by atoms with van der Waals surface area (Å²) in [5.41, 5.74) is 6.68. The molecule has 3 rings (SSSR count). The third-order valence-electron chi connectivity index (χ3n) is 3.75. The predicted octanol–water partition coefficient (Wildman–Crippen LogP) is 0.825. The number of rotatable bonds is 3. The Kier molecular flexibility index (Phi) is 2.99. The Hall–Kier alpha value is -1.13. The Morgan fingerprint density at radius 2 is 1.94 bits per heavy atom. The molecule has 2 heterocycles. The van der Waals surface area contributed by atoms with Crippen molar-refractivity contribution in [3.63, 3.8) is 0 Å². The zero-order chi connectivity index (χ0) is 11.7. The fraction of sp³-hybridized carbons (Fsp3) is 0.615. The molecule has 1 saturated carbocycles. The summed E-state index contributed by atoms with van der Waals surface area (Å²) in [7, 11) is 0. The molecule has 1 aromatic rings. The summed E-state index contributed by atoms with van der Waals surface area (Å²) in [5.74, 6) is 1.10. The first-order valence-electron chi connectivity index (χ1n) is 6.51. The van der Waals surface area contributed by atoms with Gasteiger partial charge >= 0.3 is 0 Å². The number of hydrogen-bond donors (Lipinski definition) is 1. The van der Waals surface area contributed by atoms with Gasteiger partial charge in [0.1, 0.15) is 5.82 Å². The standard InChI is InChI=1S/C13H20N4/c14-9-11-1-4-13(15-10-11)17-7-5-16(6-8-17)12-2-3-12/h1,4,10,12H,2-3,5-9,14H2. The summed E-state index contributed by atoms with van der Waals surface area (Å²) in [6.45, 7) is 5.15. The molecule has 17 heavy (non-hydrogen) atoms. The van der Waals surface area contributed by atoms with E-state index < -0.39 is 0 Å². The Morgan fingerprint density at radius 1 is 1.18 bits per heavy atom. The zero-order valence-corrected chi connectivity index (χ0v) is 10.2. The number of nitrogens with two attached hydrogens (primary N) is 1. The molecular formula is C13H20N4. The van der Waals surface area contributed by atoms with Gasteiger partial charge in [-0.15, -0.1) is 0 Å². The molecule has 0 aromatic carbocycles. The predicted molar refractivity (Wildman–Crippen MR) is 68.9 cm³/mol. The minimum Gasteiger partial charge on any atom is -0.354 e. The summed E-state index contributed by atoms with van der Waals surface area (Å²) >= 11 is 0. The molecule has 4 heteroatoms. The molecule has 0 amide bonds. The number of nitrogens with zero attached hydrogens (tertiary/aromatic N) is 3. The lowest BCUT2D eigenvalue weighted by atomic mass is 10.2. The lowest BCUT2D eigenvalue weighted by Gasteiger charge is -2.35. The van der Waals surface area contributed by atoms with E-state index in [-0.39, 0.29) is 0 Å². The number of piperazine rings is 1. The Balaban J connectivity index is 1.60. The topological polar surface area (TPSA) is 45.4 Å². The van der Waals surface area contributed by atoms with Crippen molar-refractivity contribution in [1.29, 1.82) is 0 Å². The average Bonchev–Trinajstić information content (AvgIpc) is 3.24. The van der Waals surface area contributed by atoms with Gasteiger partial charge in [-0.3, -0.25) is 4.90 Å². The van der Waals surface area contributed by atoms with Crippen molar-refractivity contribution < 1.29 is 0 Å². The van der Waals surface area contributed by atoms with E-state index >= 15 is 0 Å². The third-order valence-corrected chi connectivity index (χ3v) is 3.75. The van der Waals surface area contributed by atoms with Gasteiger partial charge in [0, 0.05) is 45.0 Å².